The zero-order valence-corrected chi connectivity index (χ0v) is 12.3. The Labute approximate surface area is 117 Å². The van der Waals surface area contributed by atoms with Gasteiger partial charge in [0.05, 0.1) is 13.2 Å². The van der Waals surface area contributed by atoms with E-state index >= 15 is 0 Å². The molecule has 8 heteroatoms. The van der Waals surface area contributed by atoms with E-state index in [0.29, 0.717) is 19.1 Å². The number of likely N-dealkylation sites (N-methyl/N-ethyl adjacent to an activating group) is 2. The quantitative estimate of drug-likeness (QED) is 0.772. The Bertz CT molecular complexity index is 441. The highest BCUT2D eigenvalue weighted by atomic mass is 35.5. The third kappa shape index (κ3) is 4.51. The minimum Gasteiger partial charge on any atom is -0.464 e. The Kier molecular flexibility index (Phi) is 5.75. The molecule has 0 saturated carbocycles. The van der Waals surface area contributed by atoms with Crippen molar-refractivity contribution in [2.75, 3.05) is 38.7 Å². The fraction of sp³-hybridized carbons (Fsp3) is 0.636. The average molecular weight is 288 g/mol. The van der Waals surface area contributed by atoms with Gasteiger partial charge in [-0.3, -0.25) is 4.79 Å². The van der Waals surface area contributed by atoms with Crippen LogP contribution in [0.25, 0.3) is 0 Å². The Morgan fingerprint density at radius 2 is 1.95 bits per heavy atom. The second-order valence-electron chi connectivity index (χ2n) is 3.92. The molecule has 0 aliphatic rings. The SMILES string of the molecule is CCOc1nc(Cl)nc(N(CC)CC(=O)N(C)C)n1. The van der Waals surface area contributed by atoms with Gasteiger partial charge in [0.25, 0.3) is 0 Å². The number of aromatic nitrogens is 3. The Morgan fingerprint density at radius 3 is 2.47 bits per heavy atom. The molecule has 0 spiro atoms. The third-order valence-corrected chi connectivity index (χ3v) is 2.51. The number of amides is 1. The molecule has 7 nitrogen and oxygen atoms in total. The van der Waals surface area contributed by atoms with Gasteiger partial charge in [-0.2, -0.15) is 15.0 Å². The van der Waals surface area contributed by atoms with Gasteiger partial charge in [0.15, 0.2) is 0 Å². The predicted octanol–water partition coefficient (Wildman–Crippen LogP) is 0.838. The van der Waals surface area contributed by atoms with E-state index in [1.165, 1.54) is 4.90 Å². The van der Waals surface area contributed by atoms with E-state index in [4.69, 9.17) is 16.3 Å². The first-order valence-electron chi connectivity index (χ1n) is 5.97. The van der Waals surface area contributed by atoms with Crippen LogP contribution in [0.15, 0.2) is 0 Å². The Morgan fingerprint density at radius 1 is 1.26 bits per heavy atom. The van der Waals surface area contributed by atoms with Crippen LogP contribution in [-0.4, -0.2) is 59.6 Å². The maximum atomic E-state index is 11.7. The lowest BCUT2D eigenvalue weighted by atomic mass is 10.4. The van der Waals surface area contributed by atoms with Gasteiger partial charge in [-0.15, -0.1) is 0 Å². The maximum absolute atomic E-state index is 11.7. The predicted molar refractivity (Wildman–Crippen MR) is 72.6 cm³/mol. The molecule has 1 rings (SSSR count). The number of carbonyl (C=O) groups excluding carboxylic acids is 1. The third-order valence-electron chi connectivity index (χ3n) is 2.34. The summed E-state index contributed by atoms with van der Waals surface area (Å²) in [5.74, 6) is 0.289. The standard InChI is InChI=1S/C11H18ClN5O2/c1-5-17(7-8(18)16(3)4)10-13-9(12)14-11(15-10)19-6-2/h5-7H2,1-4H3. The normalized spacial score (nSPS) is 10.2. The van der Waals surface area contributed by atoms with Crippen LogP contribution in [0.5, 0.6) is 6.01 Å². The molecule has 106 valence electrons. The second kappa shape index (κ2) is 7.08. The summed E-state index contributed by atoms with van der Waals surface area (Å²) < 4.78 is 5.21. The van der Waals surface area contributed by atoms with Gasteiger partial charge in [-0.25, -0.2) is 0 Å². The topological polar surface area (TPSA) is 71.5 Å². The van der Waals surface area contributed by atoms with Crippen molar-refractivity contribution in [2.24, 2.45) is 0 Å². The van der Waals surface area contributed by atoms with Crippen LogP contribution in [0, 0.1) is 0 Å². The maximum Gasteiger partial charge on any atom is 0.322 e. The van der Waals surface area contributed by atoms with Gasteiger partial charge in [0, 0.05) is 20.6 Å². The van der Waals surface area contributed by atoms with Gasteiger partial charge >= 0.3 is 6.01 Å². The van der Waals surface area contributed by atoms with Gasteiger partial charge in [-0.1, -0.05) is 0 Å². The molecule has 19 heavy (non-hydrogen) atoms. The zero-order chi connectivity index (χ0) is 14.4. The Balaban J connectivity index is 2.94. The largest absolute Gasteiger partial charge is 0.464 e. The summed E-state index contributed by atoms with van der Waals surface area (Å²) >= 11 is 5.82. The molecule has 1 aromatic rings. The van der Waals surface area contributed by atoms with Crippen LogP contribution in [0.4, 0.5) is 5.95 Å². The van der Waals surface area contributed by atoms with Crippen LogP contribution in [0.1, 0.15) is 13.8 Å². The molecule has 0 N–H and O–H groups in total. The summed E-state index contributed by atoms with van der Waals surface area (Å²) in [5, 5.41) is 0.0456. The fourth-order valence-electron chi connectivity index (χ4n) is 1.29. The molecule has 1 heterocycles. The van der Waals surface area contributed by atoms with E-state index in [0.717, 1.165) is 0 Å². The van der Waals surface area contributed by atoms with Crippen molar-refractivity contribution in [1.82, 2.24) is 19.9 Å². The summed E-state index contributed by atoms with van der Waals surface area (Å²) in [5.41, 5.74) is 0. The van der Waals surface area contributed by atoms with Crippen molar-refractivity contribution in [3.63, 3.8) is 0 Å². The number of rotatable bonds is 6. The van der Waals surface area contributed by atoms with Crippen molar-refractivity contribution in [1.29, 1.82) is 0 Å². The first-order valence-corrected chi connectivity index (χ1v) is 6.35. The molecular weight excluding hydrogens is 270 g/mol. The number of hydrogen-bond acceptors (Lipinski definition) is 6. The van der Waals surface area contributed by atoms with Crippen LogP contribution < -0.4 is 9.64 Å². The molecule has 0 fully saturated rings. The Hall–Kier alpha value is -1.63. The molecule has 0 saturated heterocycles. The van der Waals surface area contributed by atoms with Gasteiger partial charge in [0.2, 0.25) is 17.1 Å². The number of ether oxygens (including phenoxy) is 1. The first-order chi connectivity index (χ1) is 8.97. The molecule has 1 amide bonds. The highest BCUT2D eigenvalue weighted by Crippen LogP contribution is 2.15. The number of hydrogen-bond donors (Lipinski definition) is 0. The molecule has 0 unspecified atom stereocenters. The molecule has 0 aliphatic carbocycles. The lowest BCUT2D eigenvalue weighted by Gasteiger charge is -2.22. The van der Waals surface area contributed by atoms with E-state index < -0.39 is 0 Å². The second-order valence-corrected chi connectivity index (χ2v) is 4.26. The van der Waals surface area contributed by atoms with Crippen molar-refractivity contribution in [3.05, 3.63) is 5.28 Å². The molecule has 1 aromatic heterocycles. The molecule has 0 aromatic carbocycles. The number of halogens is 1. The van der Waals surface area contributed by atoms with Crippen molar-refractivity contribution in [3.8, 4) is 6.01 Å². The lowest BCUT2D eigenvalue weighted by Crippen LogP contribution is -2.37. The minimum atomic E-state index is -0.0451. The summed E-state index contributed by atoms with van der Waals surface area (Å²) in [7, 11) is 3.39. The lowest BCUT2D eigenvalue weighted by molar-refractivity contribution is -0.127. The van der Waals surface area contributed by atoms with E-state index in [2.05, 4.69) is 15.0 Å². The minimum absolute atomic E-state index is 0.0451. The van der Waals surface area contributed by atoms with Crippen LogP contribution in [-0.2, 0) is 4.79 Å². The molecule has 0 radical (unpaired) electrons. The van der Waals surface area contributed by atoms with Gasteiger partial charge in [0.1, 0.15) is 0 Å². The summed E-state index contributed by atoms with van der Waals surface area (Å²) in [6.07, 6.45) is 0. The van der Waals surface area contributed by atoms with Crippen LogP contribution >= 0.6 is 11.6 Å². The smallest absolute Gasteiger partial charge is 0.322 e. The van der Waals surface area contributed by atoms with Crippen LogP contribution in [0.2, 0.25) is 5.28 Å². The van der Waals surface area contributed by atoms with E-state index in [1.54, 1.807) is 19.0 Å². The van der Waals surface area contributed by atoms with E-state index in [-0.39, 0.29) is 23.7 Å². The number of carbonyl (C=O) groups is 1. The van der Waals surface area contributed by atoms with Crippen molar-refractivity contribution < 1.29 is 9.53 Å². The zero-order valence-electron chi connectivity index (χ0n) is 11.6. The van der Waals surface area contributed by atoms with Gasteiger partial charge < -0.3 is 14.5 Å². The number of anilines is 1. The highest BCUT2D eigenvalue weighted by Gasteiger charge is 2.16. The molecular formula is C11H18ClN5O2. The summed E-state index contributed by atoms with van der Waals surface area (Å²) in [6.45, 7) is 4.91. The molecule has 0 bridgehead atoms. The average Bonchev–Trinajstić information content (AvgIpc) is 2.35. The van der Waals surface area contributed by atoms with E-state index in [9.17, 15) is 4.79 Å². The van der Waals surface area contributed by atoms with E-state index in [1.807, 2.05) is 13.8 Å². The highest BCUT2D eigenvalue weighted by molar-refractivity contribution is 6.28. The molecule has 0 atom stereocenters. The summed E-state index contributed by atoms with van der Waals surface area (Å²) in [4.78, 5) is 27.0. The first kappa shape index (κ1) is 15.4. The van der Waals surface area contributed by atoms with Crippen molar-refractivity contribution in [2.45, 2.75) is 13.8 Å². The van der Waals surface area contributed by atoms with Crippen LogP contribution in [0.3, 0.4) is 0 Å². The van der Waals surface area contributed by atoms with Gasteiger partial charge in [-0.05, 0) is 25.4 Å². The monoisotopic (exact) mass is 287 g/mol. The number of nitrogens with zero attached hydrogens (tertiary/aromatic N) is 5. The molecule has 0 aliphatic heterocycles. The van der Waals surface area contributed by atoms with Crippen molar-refractivity contribution >= 4 is 23.5 Å². The fourth-order valence-corrected chi connectivity index (χ4v) is 1.43. The summed E-state index contributed by atoms with van der Waals surface area (Å²) in [6, 6.07) is 0.160.